The predicted octanol–water partition coefficient (Wildman–Crippen LogP) is 3.28. The third-order valence-corrected chi connectivity index (χ3v) is 6.21. The fourth-order valence-electron chi connectivity index (χ4n) is 4.33. The normalized spacial score (nSPS) is 18.8. The molecule has 9 heteroatoms. The first-order valence-corrected chi connectivity index (χ1v) is 11.7. The summed E-state index contributed by atoms with van der Waals surface area (Å²) in [6.45, 7) is 11.8. The number of carbonyl (C=O) groups is 2. The summed E-state index contributed by atoms with van der Waals surface area (Å²) >= 11 is 0. The summed E-state index contributed by atoms with van der Waals surface area (Å²) in [5.41, 5.74) is 3.11. The smallest absolute Gasteiger partial charge is 0.422 e. The minimum absolute atomic E-state index is 0.0350. The highest BCUT2D eigenvalue weighted by Gasteiger charge is 2.25. The van der Waals surface area contributed by atoms with Crippen LogP contribution < -0.4 is 10.3 Å². The van der Waals surface area contributed by atoms with Crippen molar-refractivity contribution in [3.8, 4) is 0 Å². The van der Waals surface area contributed by atoms with Crippen molar-refractivity contribution in [3.05, 3.63) is 29.6 Å². The van der Waals surface area contributed by atoms with Gasteiger partial charge in [0.25, 0.3) is 0 Å². The van der Waals surface area contributed by atoms with Crippen molar-refractivity contribution in [2.45, 2.75) is 45.6 Å². The number of nitrogens with zero attached hydrogens (tertiary/aromatic N) is 3. The van der Waals surface area contributed by atoms with E-state index >= 15 is 0 Å². The number of piperazine rings is 1. The SMILES string of the molecule is COC(=O)c1ccc(N2CCN(CCC3CCN(NC(=O)OC(C)(C)C)CC3)CC2)cc1F. The first-order valence-electron chi connectivity index (χ1n) is 11.7. The molecular weight excluding hydrogens is 427 g/mol. The fraction of sp³-hybridized carbons (Fsp3) is 0.667. The number of halogens is 1. The quantitative estimate of drug-likeness (QED) is 0.648. The van der Waals surface area contributed by atoms with Crippen LogP contribution >= 0.6 is 0 Å². The molecule has 2 fully saturated rings. The number of hydrogen-bond acceptors (Lipinski definition) is 7. The molecule has 0 aromatic heterocycles. The van der Waals surface area contributed by atoms with Crippen molar-refractivity contribution in [3.63, 3.8) is 0 Å². The largest absolute Gasteiger partial charge is 0.465 e. The second-order valence-electron chi connectivity index (χ2n) is 9.82. The summed E-state index contributed by atoms with van der Waals surface area (Å²) in [6, 6.07) is 4.69. The first-order chi connectivity index (χ1) is 15.6. The van der Waals surface area contributed by atoms with Gasteiger partial charge < -0.3 is 14.4 Å². The summed E-state index contributed by atoms with van der Waals surface area (Å²) < 4.78 is 24.2. The Kier molecular flexibility index (Phi) is 8.53. The van der Waals surface area contributed by atoms with E-state index in [0.29, 0.717) is 5.92 Å². The van der Waals surface area contributed by atoms with Crippen LogP contribution in [0.25, 0.3) is 0 Å². The molecule has 184 valence electrons. The molecule has 0 unspecified atom stereocenters. The maximum Gasteiger partial charge on any atom is 0.422 e. The van der Waals surface area contributed by atoms with E-state index in [9.17, 15) is 14.0 Å². The van der Waals surface area contributed by atoms with Crippen LogP contribution in [0, 0.1) is 11.7 Å². The maximum absolute atomic E-state index is 14.2. The Hall–Kier alpha value is -2.39. The van der Waals surface area contributed by atoms with Crippen LogP contribution in [0.3, 0.4) is 0 Å². The molecule has 0 saturated carbocycles. The number of benzene rings is 1. The number of carbonyl (C=O) groups excluding carboxylic acids is 2. The van der Waals surface area contributed by atoms with E-state index in [0.717, 1.165) is 70.8 Å². The Labute approximate surface area is 196 Å². The maximum atomic E-state index is 14.2. The molecule has 1 aromatic rings. The predicted molar refractivity (Wildman–Crippen MR) is 125 cm³/mol. The molecule has 1 amide bonds. The van der Waals surface area contributed by atoms with Crippen molar-refractivity contribution in [1.82, 2.24) is 15.3 Å². The zero-order valence-electron chi connectivity index (χ0n) is 20.2. The third kappa shape index (κ3) is 7.57. The summed E-state index contributed by atoms with van der Waals surface area (Å²) in [5, 5.41) is 1.95. The van der Waals surface area contributed by atoms with E-state index in [1.54, 1.807) is 6.07 Å². The van der Waals surface area contributed by atoms with Crippen molar-refractivity contribution in [2.75, 3.05) is 57.8 Å². The van der Waals surface area contributed by atoms with Gasteiger partial charge in [0, 0.05) is 45.0 Å². The monoisotopic (exact) mass is 464 g/mol. The third-order valence-electron chi connectivity index (χ3n) is 6.21. The molecule has 1 aromatic carbocycles. The van der Waals surface area contributed by atoms with E-state index < -0.39 is 23.5 Å². The molecule has 3 rings (SSSR count). The van der Waals surface area contributed by atoms with Crippen LogP contribution in [0.15, 0.2) is 18.2 Å². The van der Waals surface area contributed by atoms with E-state index in [-0.39, 0.29) is 5.56 Å². The molecular formula is C24H37FN4O4. The molecule has 1 N–H and O–H groups in total. The Bertz CT molecular complexity index is 813. The summed E-state index contributed by atoms with van der Waals surface area (Å²) in [7, 11) is 1.25. The molecule has 33 heavy (non-hydrogen) atoms. The Morgan fingerprint density at radius 3 is 2.33 bits per heavy atom. The fourth-order valence-corrected chi connectivity index (χ4v) is 4.33. The van der Waals surface area contributed by atoms with Gasteiger partial charge in [-0.05, 0) is 70.7 Å². The van der Waals surface area contributed by atoms with Gasteiger partial charge >= 0.3 is 12.1 Å². The molecule has 0 radical (unpaired) electrons. The number of ether oxygens (including phenoxy) is 2. The molecule has 2 aliphatic rings. The van der Waals surface area contributed by atoms with Crippen molar-refractivity contribution in [2.24, 2.45) is 5.92 Å². The molecule has 8 nitrogen and oxygen atoms in total. The number of amides is 1. The van der Waals surface area contributed by atoms with Gasteiger partial charge in [-0.2, -0.15) is 0 Å². The lowest BCUT2D eigenvalue weighted by atomic mass is 9.94. The van der Waals surface area contributed by atoms with Crippen LogP contribution in [0.2, 0.25) is 0 Å². The lowest BCUT2D eigenvalue weighted by Gasteiger charge is -2.37. The van der Waals surface area contributed by atoms with Crippen LogP contribution in [0.5, 0.6) is 0 Å². The van der Waals surface area contributed by atoms with Gasteiger partial charge in [0.2, 0.25) is 0 Å². The first kappa shape index (κ1) is 25.2. The number of rotatable bonds is 6. The number of esters is 1. The molecule has 2 heterocycles. The number of hydrazine groups is 1. The van der Waals surface area contributed by atoms with Crippen LogP contribution in [0.4, 0.5) is 14.9 Å². The topological polar surface area (TPSA) is 74.4 Å². The Balaban J connectivity index is 1.36. The van der Waals surface area contributed by atoms with Gasteiger partial charge in [-0.15, -0.1) is 0 Å². The van der Waals surface area contributed by atoms with Crippen LogP contribution in [0.1, 0.15) is 50.4 Å². The van der Waals surface area contributed by atoms with Crippen molar-refractivity contribution < 1.29 is 23.5 Å². The molecule has 2 aliphatic heterocycles. The molecule has 0 spiro atoms. The summed E-state index contributed by atoms with van der Waals surface area (Å²) in [6.07, 6.45) is 2.87. The van der Waals surface area contributed by atoms with E-state index in [1.807, 2.05) is 25.8 Å². The number of anilines is 1. The average molecular weight is 465 g/mol. The number of hydrogen-bond donors (Lipinski definition) is 1. The van der Waals surface area contributed by atoms with Crippen molar-refractivity contribution >= 4 is 17.7 Å². The van der Waals surface area contributed by atoms with Gasteiger partial charge in [0.1, 0.15) is 11.4 Å². The Morgan fingerprint density at radius 2 is 1.76 bits per heavy atom. The lowest BCUT2D eigenvalue weighted by Crippen LogP contribution is -2.49. The minimum Gasteiger partial charge on any atom is -0.465 e. The minimum atomic E-state index is -0.657. The second kappa shape index (κ2) is 11.2. The van der Waals surface area contributed by atoms with E-state index in [2.05, 4.69) is 20.0 Å². The van der Waals surface area contributed by atoms with Crippen molar-refractivity contribution in [1.29, 1.82) is 0 Å². The van der Waals surface area contributed by atoms with Crippen LogP contribution in [-0.4, -0.2) is 80.5 Å². The molecule has 0 bridgehead atoms. The van der Waals surface area contributed by atoms with Crippen LogP contribution in [-0.2, 0) is 9.47 Å². The highest BCUT2D eigenvalue weighted by atomic mass is 19.1. The Morgan fingerprint density at radius 1 is 1.09 bits per heavy atom. The number of piperidine rings is 1. The van der Waals surface area contributed by atoms with Gasteiger partial charge in [0.05, 0.1) is 12.7 Å². The highest BCUT2D eigenvalue weighted by molar-refractivity contribution is 5.90. The van der Waals surface area contributed by atoms with Gasteiger partial charge in [-0.3, -0.25) is 10.3 Å². The average Bonchev–Trinajstić information content (AvgIpc) is 2.77. The number of nitrogens with one attached hydrogen (secondary N) is 1. The lowest BCUT2D eigenvalue weighted by molar-refractivity contribution is 0.0257. The molecule has 0 atom stereocenters. The number of methoxy groups -OCH3 is 1. The zero-order valence-corrected chi connectivity index (χ0v) is 20.2. The molecule has 0 aliphatic carbocycles. The highest BCUT2D eigenvalue weighted by Crippen LogP contribution is 2.23. The molecule has 2 saturated heterocycles. The van der Waals surface area contributed by atoms with Gasteiger partial charge in [-0.1, -0.05) is 0 Å². The second-order valence-corrected chi connectivity index (χ2v) is 9.82. The van der Waals surface area contributed by atoms with Gasteiger partial charge in [-0.25, -0.2) is 19.0 Å². The zero-order chi connectivity index (χ0) is 24.0. The summed E-state index contributed by atoms with van der Waals surface area (Å²) in [4.78, 5) is 28.1. The summed E-state index contributed by atoms with van der Waals surface area (Å²) in [5.74, 6) is -0.552. The van der Waals surface area contributed by atoms with E-state index in [1.165, 1.54) is 19.2 Å². The van der Waals surface area contributed by atoms with Gasteiger partial charge in [0.15, 0.2) is 0 Å². The van der Waals surface area contributed by atoms with E-state index in [4.69, 9.17) is 4.74 Å². The standard InChI is InChI=1S/C24H37FN4O4/c1-24(2,3)33-23(31)26-29-11-8-18(9-12-29)7-10-27-13-15-28(16-14-27)19-5-6-20(21(25)17-19)22(30)32-4/h5-6,17-18H,7-16H2,1-4H3,(H,26,31).